The molecule has 2 aromatic carbocycles. The van der Waals surface area contributed by atoms with E-state index < -0.39 is 0 Å². The van der Waals surface area contributed by atoms with Crippen molar-refractivity contribution in [2.45, 2.75) is 6.42 Å². The minimum absolute atomic E-state index is 0.00384. The van der Waals surface area contributed by atoms with E-state index in [4.69, 9.17) is 0 Å². The van der Waals surface area contributed by atoms with Crippen LogP contribution in [0.15, 0.2) is 66.2 Å². The number of amides is 1. The van der Waals surface area contributed by atoms with Crippen LogP contribution < -0.4 is 5.32 Å². The molecule has 0 aliphatic rings. The van der Waals surface area contributed by atoms with Gasteiger partial charge in [0, 0.05) is 28.6 Å². The van der Waals surface area contributed by atoms with E-state index in [1.54, 1.807) is 17.5 Å². The number of anilines is 1. The molecule has 24 heavy (non-hydrogen) atoms. The Hall–Kier alpha value is -2.11. The molecule has 0 aliphatic carbocycles. The van der Waals surface area contributed by atoms with E-state index in [9.17, 15) is 4.79 Å². The number of nitrogens with zero attached hydrogens (tertiary/aromatic N) is 1. The predicted molar refractivity (Wildman–Crippen MR) is 104 cm³/mol. The molecular formula is C19H18N2OS2. The number of carbonyl (C=O) groups is 1. The molecule has 0 saturated carbocycles. The fraction of sp³-hybridized carbons (Fsp3) is 0.158. The van der Waals surface area contributed by atoms with Gasteiger partial charge in [0.25, 0.3) is 0 Å². The minimum atomic E-state index is -0.158. The SMILES string of the molecule is O=C(Nc1ccc(-c2nccs2)cc1)C(CS)Cc1ccccc1. The summed E-state index contributed by atoms with van der Waals surface area (Å²) >= 11 is 5.94. The molecule has 0 saturated heterocycles. The maximum atomic E-state index is 12.5. The first-order valence-corrected chi connectivity index (χ1v) is 9.23. The number of rotatable bonds is 6. The highest BCUT2D eigenvalue weighted by molar-refractivity contribution is 7.80. The Labute approximate surface area is 151 Å². The molecule has 3 rings (SSSR count). The third-order valence-electron chi connectivity index (χ3n) is 3.75. The van der Waals surface area contributed by atoms with Crippen molar-refractivity contribution in [2.75, 3.05) is 11.1 Å². The van der Waals surface area contributed by atoms with E-state index in [1.807, 2.05) is 60.0 Å². The standard InChI is InChI=1S/C19H18N2OS2/c22-18(16(13-23)12-14-4-2-1-3-5-14)21-17-8-6-15(7-9-17)19-20-10-11-24-19/h1-11,16,23H,12-13H2,(H,21,22). The first-order valence-electron chi connectivity index (χ1n) is 7.72. The predicted octanol–water partition coefficient (Wildman–Crippen LogP) is 4.54. The highest BCUT2D eigenvalue weighted by Crippen LogP contribution is 2.23. The summed E-state index contributed by atoms with van der Waals surface area (Å²) in [6.07, 6.45) is 2.48. The summed E-state index contributed by atoms with van der Waals surface area (Å²) in [5, 5.41) is 5.91. The first kappa shape index (κ1) is 16.7. The summed E-state index contributed by atoms with van der Waals surface area (Å²) in [6.45, 7) is 0. The molecule has 0 radical (unpaired) electrons. The van der Waals surface area contributed by atoms with Crippen LogP contribution in [0.3, 0.4) is 0 Å². The average molecular weight is 355 g/mol. The van der Waals surface area contributed by atoms with Crippen molar-refractivity contribution in [1.82, 2.24) is 4.98 Å². The molecule has 1 amide bonds. The lowest BCUT2D eigenvalue weighted by molar-refractivity contribution is -0.119. The zero-order chi connectivity index (χ0) is 16.8. The maximum absolute atomic E-state index is 12.5. The maximum Gasteiger partial charge on any atom is 0.228 e. The average Bonchev–Trinajstić information content (AvgIpc) is 3.16. The quantitative estimate of drug-likeness (QED) is 0.638. The van der Waals surface area contributed by atoms with Gasteiger partial charge in [-0.05, 0) is 36.2 Å². The minimum Gasteiger partial charge on any atom is -0.326 e. The van der Waals surface area contributed by atoms with Gasteiger partial charge in [-0.25, -0.2) is 4.98 Å². The van der Waals surface area contributed by atoms with Gasteiger partial charge < -0.3 is 5.32 Å². The van der Waals surface area contributed by atoms with Crippen molar-refractivity contribution in [3.8, 4) is 10.6 Å². The third kappa shape index (κ3) is 4.24. The topological polar surface area (TPSA) is 42.0 Å². The van der Waals surface area contributed by atoms with Crippen molar-refractivity contribution < 1.29 is 4.79 Å². The van der Waals surface area contributed by atoms with Crippen LogP contribution in [0.25, 0.3) is 10.6 Å². The summed E-state index contributed by atoms with van der Waals surface area (Å²) in [4.78, 5) is 16.8. The van der Waals surface area contributed by atoms with Gasteiger partial charge in [0.1, 0.15) is 5.01 Å². The van der Waals surface area contributed by atoms with E-state index in [-0.39, 0.29) is 11.8 Å². The molecule has 0 fully saturated rings. The number of thiol groups is 1. The zero-order valence-electron chi connectivity index (χ0n) is 13.1. The molecule has 5 heteroatoms. The van der Waals surface area contributed by atoms with Crippen LogP contribution in [0, 0.1) is 5.92 Å². The lowest BCUT2D eigenvalue weighted by Gasteiger charge is -2.15. The van der Waals surface area contributed by atoms with Crippen molar-refractivity contribution in [3.63, 3.8) is 0 Å². The number of benzene rings is 2. The Morgan fingerprint density at radius 2 is 1.88 bits per heavy atom. The van der Waals surface area contributed by atoms with Gasteiger partial charge in [-0.15, -0.1) is 11.3 Å². The summed E-state index contributed by atoms with van der Waals surface area (Å²) in [7, 11) is 0. The molecule has 1 unspecified atom stereocenters. The molecule has 3 aromatic rings. The molecule has 3 nitrogen and oxygen atoms in total. The number of hydrogen-bond donors (Lipinski definition) is 2. The Morgan fingerprint density at radius 3 is 2.50 bits per heavy atom. The van der Waals surface area contributed by atoms with Gasteiger partial charge in [0.05, 0.1) is 5.92 Å². The van der Waals surface area contributed by atoms with Crippen LogP contribution in [-0.4, -0.2) is 16.6 Å². The van der Waals surface area contributed by atoms with E-state index in [0.717, 1.165) is 21.8 Å². The monoisotopic (exact) mass is 354 g/mol. The number of carbonyl (C=O) groups excluding carboxylic acids is 1. The van der Waals surface area contributed by atoms with Gasteiger partial charge >= 0.3 is 0 Å². The van der Waals surface area contributed by atoms with Crippen molar-refractivity contribution in [1.29, 1.82) is 0 Å². The fourth-order valence-corrected chi connectivity index (χ4v) is 3.38. The Kier molecular flexibility index (Phi) is 5.67. The highest BCUT2D eigenvalue weighted by atomic mass is 32.1. The third-order valence-corrected chi connectivity index (χ3v) is 5.01. The number of nitrogens with one attached hydrogen (secondary N) is 1. The summed E-state index contributed by atoms with van der Waals surface area (Å²) in [6, 6.07) is 17.8. The molecule has 122 valence electrons. The van der Waals surface area contributed by atoms with Crippen molar-refractivity contribution in [2.24, 2.45) is 5.92 Å². The first-order chi connectivity index (χ1) is 11.8. The van der Waals surface area contributed by atoms with Gasteiger partial charge in [-0.1, -0.05) is 30.3 Å². The number of aromatic nitrogens is 1. The molecule has 0 aliphatic heterocycles. The van der Waals surface area contributed by atoms with E-state index in [0.29, 0.717) is 12.2 Å². The zero-order valence-corrected chi connectivity index (χ0v) is 14.8. The number of hydrogen-bond acceptors (Lipinski definition) is 4. The second-order valence-electron chi connectivity index (χ2n) is 5.47. The van der Waals surface area contributed by atoms with Crippen LogP contribution >= 0.6 is 24.0 Å². The van der Waals surface area contributed by atoms with Crippen molar-refractivity contribution in [3.05, 3.63) is 71.7 Å². The van der Waals surface area contributed by atoms with Crippen LogP contribution in [-0.2, 0) is 11.2 Å². The summed E-state index contributed by atoms with van der Waals surface area (Å²) < 4.78 is 0. The van der Waals surface area contributed by atoms with Crippen LogP contribution in [0.1, 0.15) is 5.56 Å². The van der Waals surface area contributed by atoms with Crippen molar-refractivity contribution >= 4 is 35.6 Å². The summed E-state index contributed by atoms with van der Waals surface area (Å²) in [5.74, 6) is 0.350. The Morgan fingerprint density at radius 1 is 1.12 bits per heavy atom. The van der Waals surface area contributed by atoms with E-state index in [1.165, 1.54) is 0 Å². The second kappa shape index (κ2) is 8.13. The van der Waals surface area contributed by atoms with E-state index >= 15 is 0 Å². The Balaban J connectivity index is 1.64. The lowest BCUT2D eigenvalue weighted by Crippen LogP contribution is -2.26. The molecule has 1 heterocycles. The molecule has 1 atom stereocenters. The van der Waals surface area contributed by atoms with E-state index in [2.05, 4.69) is 22.9 Å². The summed E-state index contributed by atoms with van der Waals surface area (Å²) in [5.41, 5.74) is 2.99. The van der Waals surface area contributed by atoms with Gasteiger partial charge in [-0.3, -0.25) is 4.79 Å². The number of thiazole rings is 1. The van der Waals surface area contributed by atoms with Crippen LogP contribution in [0.2, 0.25) is 0 Å². The largest absolute Gasteiger partial charge is 0.326 e. The normalized spacial score (nSPS) is 11.9. The van der Waals surface area contributed by atoms with Gasteiger partial charge in [-0.2, -0.15) is 12.6 Å². The molecular weight excluding hydrogens is 336 g/mol. The highest BCUT2D eigenvalue weighted by Gasteiger charge is 2.17. The fourth-order valence-electron chi connectivity index (χ4n) is 2.45. The molecule has 0 bridgehead atoms. The smallest absolute Gasteiger partial charge is 0.228 e. The Bertz CT molecular complexity index is 771. The van der Waals surface area contributed by atoms with Gasteiger partial charge in [0.2, 0.25) is 5.91 Å². The van der Waals surface area contributed by atoms with Crippen LogP contribution in [0.4, 0.5) is 5.69 Å². The molecule has 1 aromatic heterocycles. The van der Waals surface area contributed by atoms with Gasteiger partial charge in [0.15, 0.2) is 0 Å². The molecule has 0 spiro atoms. The second-order valence-corrected chi connectivity index (χ2v) is 6.73. The van der Waals surface area contributed by atoms with Crippen LogP contribution in [0.5, 0.6) is 0 Å². The lowest BCUT2D eigenvalue weighted by atomic mass is 10.00. The molecule has 1 N–H and O–H groups in total.